The van der Waals surface area contributed by atoms with Crippen molar-refractivity contribution in [3.05, 3.63) is 71.0 Å². The molecule has 2 aliphatic rings. The van der Waals surface area contributed by atoms with Crippen LogP contribution in [0.1, 0.15) is 23.8 Å². The van der Waals surface area contributed by atoms with Gasteiger partial charge in [0, 0.05) is 43.1 Å². The fourth-order valence-electron chi connectivity index (χ4n) is 4.35. The molecule has 1 unspecified atom stereocenters. The lowest BCUT2D eigenvalue weighted by Gasteiger charge is -2.32. The van der Waals surface area contributed by atoms with Crippen LogP contribution in [0.2, 0.25) is 5.02 Å². The molecule has 194 valence electrons. The smallest absolute Gasteiger partial charge is 0.144 e. The van der Waals surface area contributed by atoms with Gasteiger partial charge in [-0.05, 0) is 42.8 Å². The van der Waals surface area contributed by atoms with E-state index in [0.29, 0.717) is 35.4 Å². The van der Waals surface area contributed by atoms with Gasteiger partial charge < -0.3 is 30.6 Å². The summed E-state index contributed by atoms with van der Waals surface area (Å²) in [6.45, 7) is 5.41. The lowest BCUT2D eigenvalue weighted by atomic mass is 10.1. The average Bonchev–Trinajstić information content (AvgIpc) is 2.92. The van der Waals surface area contributed by atoms with Crippen LogP contribution in [-0.4, -0.2) is 55.7 Å². The zero-order valence-electron chi connectivity index (χ0n) is 20.6. The summed E-state index contributed by atoms with van der Waals surface area (Å²) < 4.78 is 17.2. The van der Waals surface area contributed by atoms with E-state index in [-0.39, 0.29) is 0 Å². The van der Waals surface area contributed by atoms with Crippen molar-refractivity contribution in [2.45, 2.75) is 19.2 Å². The SMILES string of the molecule is Nc1cc2c(cc1OCCCN1CCOCC1)N=CN(c1ccc(OCc3ccccn3)c(Cl)c1)C2N. The summed E-state index contributed by atoms with van der Waals surface area (Å²) in [6, 6.07) is 14.9. The van der Waals surface area contributed by atoms with Crippen LogP contribution in [0.25, 0.3) is 0 Å². The number of morpholine rings is 1. The highest BCUT2D eigenvalue weighted by Crippen LogP contribution is 2.40. The van der Waals surface area contributed by atoms with E-state index in [0.717, 1.165) is 61.9 Å². The summed E-state index contributed by atoms with van der Waals surface area (Å²) in [4.78, 5) is 13.1. The number of hydrogen-bond donors (Lipinski definition) is 2. The van der Waals surface area contributed by atoms with Crippen LogP contribution in [0.15, 0.2) is 59.7 Å². The lowest BCUT2D eigenvalue weighted by Crippen LogP contribution is -2.37. The van der Waals surface area contributed by atoms with Gasteiger partial charge in [-0.15, -0.1) is 0 Å². The Bertz CT molecular complexity index is 1240. The van der Waals surface area contributed by atoms with Crippen molar-refractivity contribution in [1.29, 1.82) is 0 Å². The molecule has 0 spiro atoms. The predicted molar refractivity (Wildman–Crippen MR) is 146 cm³/mol. The molecule has 37 heavy (non-hydrogen) atoms. The van der Waals surface area contributed by atoms with Gasteiger partial charge in [0.2, 0.25) is 0 Å². The summed E-state index contributed by atoms with van der Waals surface area (Å²) in [5.41, 5.74) is 16.6. The minimum atomic E-state index is -0.485. The van der Waals surface area contributed by atoms with Crippen LogP contribution >= 0.6 is 11.6 Å². The zero-order valence-corrected chi connectivity index (χ0v) is 21.3. The number of rotatable bonds is 9. The summed E-state index contributed by atoms with van der Waals surface area (Å²) in [7, 11) is 0. The first-order valence-corrected chi connectivity index (χ1v) is 12.7. The molecule has 2 aliphatic heterocycles. The monoisotopic (exact) mass is 522 g/mol. The van der Waals surface area contributed by atoms with Gasteiger partial charge in [0.15, 0.2) is 0 Å². The predicted octanol–water partition coefficient (Wildman–Crippen LogP) is 4.13. The Morgan fingerprint density at radius 3 is 2.70 bits per heavy atom. The molecule has 0 radical (unpaired) electrons. The molecule has 0 amide bonds. The number of ether oxygens (including phenoxy) is 3. The zero-order chi connectivity index (χ0) is 25.6. The van der Waals surface area contributed by atoms with Crippen molar-refractivity contribution in [1.82, 2.24) is 9.88 Å². The Morgan fingerprint density at radius 2 is 1.92 bits per heavy atom. The first kappa shape index (κ1) is 25.3. The van der Waals surface area contributed by atoms with Crippen LogP contribution in [0.5, 0.6) is 11.5 Å². The van der Waals surface area contributed by atoms with Crippen molar-refractivity contribution in [2.75, 3.05) is 50.1 Å². The number of nitrogens with zero attached hydrogens (tertiary/aromatic N) is 4. The van der Waals surface area contributed by atoms with Crippen LogP contribution in [0.3, 0.4) is 0 Å². The largest absolute Gasteiger partial charge is 0.491 e. The minimum absolute atomic E-state index is 0.328. The molecule has 9 nitrogen and oxygen atoms in total. The standard InChI is InChI=1S/C27H31ClN6O3/c28-22-14-20(5-6-25(22)37-17-19-4-1-2-7-31-19)34-18-32-24-16-26(23(29)15-21(24)27(34)30)36-11-3-8-33-9-12-35-13-10-33/h1-2,4-7,14-16,18,27H,3,8-13,17,29-30H2. The summed E-state index contributed by atoms with van der Waals surface area (Å²) >= 11 is 6.52. The summed E-state index contributed by atoms with van der Waals surface area (Å²) in [5, 5.41) is 0.472. The maximum atomic E-state index is 6.61. The van der Waals surface area contributed by atoms with E-state index in [2.05, 4.69) is 14.9 Å². The molecule has 0 bridgehead atoms. The minimum Gasteiger partial charge on any atom is -0.491 e. The Morgan fingerprint density at radius 1 is 1.05 bits per heavy atom. The van der Waals surface area contributed by atoms with E-state index < -0.39 is 6.17 Å². The molecule has 0 aliphatic carbocycles. The fraction of sp³-hybridized carbons (Fsp3) is 0.333. The number of benzene rings is 2. The third kappa shape index (κ3) is 6.14. The molecule has 1 aromatic heterocycles. The van der Waals surface area contributed by atoms with Crippen LogP contribution in [0, 0.1) is 0 Å². The van der Waals surface area contributed by atoms with Crippen LogP contribution < -0.4 is 25.8 Å². The van der Waals surface area contributed by atoms with Gasteiger partial charge in [-0.2, -0.15) is 0 Å². The number of halogens is 1. The molecule has 1 atom stereocenters. The number of aliphatic imine (C=N–C) groups is 1. The fourth-order valence-corrected chi connectivity index (χ4v) is 4.58. The molecule has 5 rings (SSSR count). The van der Waals surface area contributed by atoms with Gasteiger partial charge in [0.1, 0.15) is 24.3 Å². The molecular weight excluding hydrogens is 492 g/mol. The van der Waals surface area contributed by atoms with Gasteiger partial charge >= 0.3 is 0 Å². The van der Waals surface area contributed by atoms with Crippen LogP contribution in [-0.2, 0) is 11.3 Å². The topological polar surface area (TPSA) is 111 Å². The average molecular weight is 523 g/mol. The number of nitrogen functional groups attached to an aromatic ring is 1. The quantitative estimate of drug-likeness (QED) is 0.318. The number of anilines is 2. The normalized spacial score (nSPS) is 17.5. The number of nitrogens with two attached hydrogens (primary N) is 2. The Labute approximate surface area is 221 Å². The number of aromatic nitrogens is 1. The van der Waals surface area contributed by atoms with Gasteiger partial charge in [-0.3, -0.25) is 9.88 Å². The molecule has 0 saturated carbocycles. The Hall–Kier alpha value is -3.37. The van der Waals surface area contributed by atoms with E-state index >= 15 is 0 Å². The Kier molecular flexibility index (Phi) is 8.05. The third-order valence-electron chi connectivity index (χ3n) is 6.39. The molecule has 2 aromatic carbocycles. The van der Waals surface area contributed by atoms with Crippen molar-refractivity contribution < 1.29 is 14.2 Å². The number of pyridine rings is 1. The lowest BCUT2D eigenvalue weighted by molar-refractivity contribution is 0.0358. The highest BCUT2D eigenvalue weighted by Gasteiger charge is 2.25. The molecule has 1 fully saturated rings. The number of hydrogen-bond acceptors (Lipinski definition) is 9. The van der Waals surface area contributed by atoms with E-state index in [1.54, 1.807) is 12.5 Å². The number of fused-ring (bicyclic) bond motifs is 1. The molecule has 1 saturated heterocycles. The maximum absolute atomic E-state index is 6.61. The molecule has 3 aromatic rings. The molecule has 4 N–H and O–H groups in total. The second kappa shape index (κ2) is 11.8. The van der Waals surface area contributed by atoms with Gasteiger partial charge in [-0.1, -0.05) is 17.7 Å². The summed E-state index contributed by atoms with van der Waals surface area (Å²) in [6.07, 6.45) is 3.86. The second-order valence-electron chi connectivity index (χ2n) is 8.93. The summed E-state index contributed by atoms with van der Waals surface area (Å²) in [5.74, 6) is 1.19. The van der Waals surface area contributed by atoms with Crippen molar-refractivity contribution >= 4 is 35.0 Å². The van der Waals surface area contributed by atoms with Crippen molar-refractivity contribution in [3.8, 4) is 11.5 Å². The van der Waals surface area contributed by atoms with E-state index in [9.17, 15) is 0 Å². The molecular formula is C27H31ClN6O3. The van der Waals surface area contributed by atoms with Gasteiger partial charge in [0.25, 0.3) is 0 Å². The molecule has 10 heteroatoms. The van der Waals surface area contributed by atoms with Gasteiger partial charge in [0.05, 0.1) is 48.3 Å². The van der Waals surface area contributed by atoms with Crippen molar-refractivity contribution in [2.24, 2.45) is 10.7 Å². The molecule has 3 heterocycles. The van der Waals surface area contributed by atoms with E-state index in [4.69, 9.17) is 37.3 Å². The first-order chi connectivity index (χ1) is 18.1. The second-order valence-corrected chi connectivity index (χ2v) is 9.33. The van der Waals surface area contributed by atoms with Crippen molar-refractivity contribution in [3.63, 3.8) is 0 Å². The first-order valence-electron chi connectivity index (χ1n) is 12.3. The third-order valence-corrected chi connectivity index (χ3v) is 6.69. The Balaban J connectivity index is 1.21. The highest BCUT2D eigenvalue weighted by atomic mass is 35.5. The van der Waals surface area contributed by atoms with E-state index in [1.165, 1.54) is 0 Å². The maximum Gasteiger partial charge on any atom is 0.144 e. The highest BCUT2D eigenvalue weighted by molar-refractivity contribution is 6.32. The van der Waals surface area contributed by atoms with Crippen LogP contribution in [0.4, 0.5) is 17.1 Å². The van der Waals surface area contributed by atoms with Gasteiger partial charge in [-0.25, -0.2) is 4.99 Å². The van der Waals surface area contributed by atoms with E-state index in [1.807, 2.05) is 53.4 Å².